The van der Waals surface area contributed by atoms with Gasteiger partial charge in [-0.1, -0.05) is 11.6 Å². The molecule has 4 nitrogen and oxygen atoms in total. The fraction of sp³-hybridized carbons (Fsp3) is 0.429. The molecular formula is C14H16ClN3O. The van der Waals surface area contributed by atoms with E-state index < -0.39 is 0 Å². The van der Waals surface area contributed by atoms with Crippen LogP contribution in [0.5, 0.6) is 0 Å². The van der Waals surface area contributed by atoms with E-state index >= 15 is 0 Å². The molecule has 0 radical (unpaired) electrons. The van der Waals surface area contributed by atoms with Gasteiger partial charge < -0.3 is 9.47 Å². The van der Waals surface area contributed by atoms with E-state index in [4.69, 9.17) is 11.6 Å². The second-order valence-electron chi connectivity index (χ2n) is 4.95. The summed E-state index contributed by atoms with van der Waals surface area (Å²) in [7, 11) is 0. The van der Waals surface area contributed by atoms with E-state index in [-0.39, 0.29) is 5.91 Å². The first kappa shape index (κ1) is 12.5. The van der Waals surface area contributed by atoms with Crippen LogP contribution in [0.4, 0.5) is 0 Å². The summed E-state index contributed by atoms with van der Waals surface area (Å²) in [6.07, 6.45) is 6.98. The van der Waals surface area contributed by atoms with E-state index in [0.717, 1.165) is 37.0 Å². The number of nitrogens with zero attached hydrogens (tertiary/aromatic N) is 3. The van der Waals surface area contributed by atoms with Gasteiger partial charge >= 0.3 is 0 Å². The minimum Gasteiger partial charge on any atom is -0.341 e. The molecule has 0 spiro atoms. The molecule has 1 aliphatic heterocycles. The zero-order valence-electron chi connectivity index (χ0n) is 10.7. The lowest BCUT2D eigenvalue weighted by atomic mass is 10.1. The Morgan fingerprint density at radius 3 is 2.89 bits per heavy atom. The molecule has 19 heavy (non-hydrogen) atoms. The molecule has 2 aromatic rings. The highest BCUT2D eigenvalue weighted by molar-refractivity contribution is 6.31. The van der Waals surface area contributed by atoms with Gasteiger partial charge in [0.25, 0.3) is 0 Å². The topological polar surface area (TPSA) is 38.1 Å². The molecule has 3 heterocycles. The van der Waals surface area contributed by atoms with Crippen LogP contribution in [-0.2, 0) is 11.3 Å². The molecule has 0 unspecified atom stereocenters. The summed E-state index contributed by atoms with van der Waals surface area (Å²) in [5.74, 6) is 0.175. The molecule has 100 valence electrons. The van der Waals surface area contributed by atoms with Crippen LogP contribution in [0.3, 0.4) is 0 Å². The maximum Gasteiger partial charge on any atom is 0.242 e. The van der Waals surface area contributed by atoms with Gasteiger partial charge in [-0.15, -0.1) is 0 Å². The summed E-state index contributed by atoms with van der Waals surface area (Å²) < 4.78 is 1.89. The van der Waals surface area contributed by atoms with Crippen LogP contribution in [0.2, 0.25) is 5.02 Å². The van der Waals surface area contributed by atoms with E-state index in [0.29, 0.717) is 11.6 Å². The molecule has 0 saturated carbocycles. The standard InChI is InChI=1S/C14H16ClN3O/c15-12-8-11-4-7-18(14(11)16-9-12)10-13(19)17-5-2-1-3-6-17/h4,7-9H,1-3,5-6,10H2. The molecule has 1 saturated heterocycles. The number of aromatic nitrogens is 2. The highest BCUT2D eigenvalue weighted by Gasteiger charge is 2.17. The summed E-state index contributed by atoms with van der Waals surface area (Å²) in [6, 6.07) is 3.81. The number of hydrogen-bond donors (Lipinski definition) is 0. The van der Waals surface area contributed by atoms with Crippen molar-refractivity contribution >= 4 is 28.5 Å². The van der Waals surface area contributed by atoms with Gasteiger partial charge in [0.05, 0.1) is 5.02 Å². The second-order valence-corrected chi connectivity index (χ2v) is 5.39. The largest absolute Gasteiger partial charge is 0.341 e. The zero-order valence-corrected chi connectivity index (χ0v) is 11.4. The van der Waals surface area contributed by atoms with Gasteiger partial charge in [-0.25, -0.2) is 4.98 Å². The van der Waals surface area contributed by atoms with Gasteiger partial charge in [0, 0.05) is 30.9 Å². The average Bonchev–Trinajstić information content (AvgIpc) is 2.82. The molecule has 1 amide bonds. The lowest BCUT2D eigenvalue weighted by Gasteiger charge is -2.26. The highest BCUT2D eigenvalue weighted by Crippen LogP contribution is 2.18. The van der Waals surface area contributed by atoms with Crippen molar-refractivity contribution in [3.8, 4) is 0 Å². The Balaban J connectivity index is 1.79. The van der Waals surface area contributed by atoms with E-state index in [1.54, 1.807) is 6.20 Å². The number of pyridine rings is 1. The SMILES string of the molecule is O=C(Cn1ccc2cc(Cl)cnc21)N1CCCCC1. The number of carbonyl (C=O) groups is 1. The van der Waals surface area contributed by atoms with Crippen molar-refractivity contribution in [2.45, 2.75) is 25.8 Å². The van der Waals surface area contributed by atoms with Crippen molar-refractivity contribution in [3.63, 3.8) is 0 Å². The first-order chi connectivity index (χ1) is 9.24. The Morgan fingerprint density at radius 2 is 2.11 bits per heavy atom. The van der Waals surface area contributed by atoms with Crippen molar-refractivity contribution < 1.29 is 4.79 Å². The quantitative estimate of drug-likeness (QED) is 0.846. The number of hydrogen-bond acceptors (Lipinski definition) is 2. The fourth-order valence-corrected chi connectivity index (χ4v) is 2.73. The Kier molecular flexibility index (Phi) is 3.42. The van der Waals surface area contributed by atoms with Crippen molar-refractivity contribution in [3.05, 3.63) is 29.5 Å². The van der Waals surface area contributed by atoms with Crippen LogP contribution >= 0.6 is 11.6 Å². The minimum absolute atomic E-state index is 0.175. The first-order valence-corrected chi connectivity index (χ1v) is 7.00. The Hall–Kier alpha value is -1.55. The van der Waals surface area contributed by atoms with E-state index in [2.05, 4.69) is 4.98 Å². The molecule has 0 N–H and O–H groups in total. The van der Waals surface area contributed by atoms with Crippen molar-refractivity contribution in [2.75, 3.05) is 13.1 Å². The van der Waals surface area contributed by atoms with Crippen LogP contribution in [0.15, 0.2) is 24.5 Å². The smallest absolute Gasteiger partial charge is 0.242 e. The summed E-state index contributed by atoms with van der Waals surface area (Å²) in [5, 5.41) is 1.59. The Bertz CT molecular complexity index is 602. The third-order valence-corrected chi connectivity index (χ3v) is 3.79. The summed E-state index contributed by atoms with van der Waals surface area (Å²) in [4.78, 5) is 18.5. The molecule has 0 bridgehead atoms. The van der Waals surface area contributed by atoms with E-state index in [1.165, 1.54) is 6.42 Å². The lowest BCUT2D eigenvalue weighted by molar-refractivity contribution is -0.132. The number of piperidine rings is 1. The Morgan fingerprint density at radius 1 is 1.32 bits per heavy atom. The molecule has 3 rings (SSSR count). The van der Waals surface area contributed by atoms with Gasteiger partial charge in [0.15, 0.2) is 0 Å². The number of fused-ring (bicyclic) bond motifs is 1. The van der Waals surface area contributed by atoms with Crippen molar-refractivity contribution in [1.29, 1.82) is 0 Å². The molecule has 0 aliphatic carbocycles. The molecule has 0 aromatic carbocycles. The predicted molar refractivity (Wildman–Crippen MR) is 75.2 cm³/mol. The fourth-order valence-electron chi connectivity index (χ4n) is 2.57. The van der Waals surface area contributed by atoms with Crippen LogP contribution in [-0.4, -0.2) is 33.4 Å². The first-order valence-electron chi connectivity index (χ1n) is 6.62. The van der Waals surface area contributed by atoms with Crippen LogP contribution in [0.25, 0.3) is 11.0 Å². The molecule has 2 aromatic heterocycles. The van der Waals surface area contributed by atoms with Gasteiger partial charge in [-0.3, -0.25) is 4.79 Å². The minimum atomic E-state index is 0.175. The Labute approximate surface area is 117 Å². The van der Waals surface area contributed by atoms with Gasteiger partial charge in [0.1, 0.15) is 12.2 Å². The summed E-state index contributed by atoms with van der Waals surface area (Å²) >= 11 is 5.91. The zero-order chi connectivity index (χ0) is 13.2. The predicted octanol–water partition coefficient (Wildman–Crippen LogP) is 2.70. The lowest BCUT2D eigenvalue weighted by Crippen LogP contribution is -2.37. The second kappa shape index (κ2) is 5.21. The van der Waals surface area contributed by atoms with Crippen molar-refractivity contribution in [2.24, 2.45) is 0 Å². The number of likely N-dealkylation sites (tertiary alicyclic amines) is 1. The summed E-state index contributed by atoms with van der Waals surface area (Å²) in [6.45, 7) is 2.13. The molecule has 1 fully saturated rings. The molecule has 1 aliphatic rings. The van der Waals surface area contributed by atoms with Crippen LogP contribution < -0.4 is 0 Å². The maximum atomic E-state index is 12.2. The molecular weight excluding hydrogens is 262 g/mol. The number of amides is 1. The third-order valence-electron chi connectivity index (χ3n) is 3.58. The van der Waals surface area contributed by atoms with Gasteiger partial charge in [-0.2, -0.15) is 0 Å². The highest BCUT2D eigenvalue weighted by atomic mass is 35.5. The molecule has 0 atom stereocenters. The number of rotatable bonds is 2. The van der Waals surface area contributed by atoms with Crippen LogP contribution in [0, 0.1) is 0 Å². The van der Waals surface area contributed by atoms with E-state index in [9.17, 15) is 4.79 Å². The normalized spacial score (nSPS) is 15.9. The number of halogens is 1. The van der Waals surface area contributed by atoms with Gasteiger partial charge in [0.2, 0.25) is 5.91 Å². The average molecular weight is 278 g/mol. The summed E-state index contributed by atoms with van der Waals surface area (Å²) in [5.41, 5.74) is 0.815. The van der Waals surface area contributed by atoms with Crippen LogP contribution in [0.1, 0.15) is 19.3 Å². The third kappa shape index (κ3) is 2.59. The van der Waals surface area contributed by atoms with E-state index in [1.807, 2.05) is 27.8 Å². The monoisotopic (exact) mass is 277 g/mol. The van der Waals surface area contributed by atoms with Crippen molar-refractivity contribution in [1.82, 2.24) is 14.5 Å². The number of carbonyl (C=O) groups excluding carboxylic acids is 1. The van der Waals surface area contributed by atoms with Gasteiger partial charge in [-0.05, 0) is 31.4 Å². The molecule has 5 heteroatoms. The maximum absolute atomic E-state index is 12.2.